The lowest BCUT2D eigenvalue weighted by molar-refractivity contribution is 0.100. The maximum absolute atomic E-state index is 11.9. The molecule has 3 aromatic rings. The summed E-state index contributed by atoms with van der Waals surface area (Å²) < 4.78 is 0. The number of anilines is 1. The van der Waals surface area contributed by atoms with Crippen molar-refractivity contribution in [1.29, 1.82) is 0 Å². The molecule has 128 valence electrons. The molecule has 0 spiro atoms. The van der Waals surface area contributed by atoms with Crippen LogP contribution in [-0.2, 0) is 6.42 Å². The third-order valence-corrected chi connectivity index (χ3v) is 3.92. The summed E-state index contributed by atoms with van der Waals surface area (Å²) >= 11 is 0. The highest BCUT2D eigenvalue weighted by atomic mass is 16.1. The number of aromatic nitrogens is 3. The molecule has 0 bridgehead atoms. The van der Waals surface area contributed by atoms with Gasteiger partial charge in [0.05, 0.1) is 22.6 Å². The van der Waals surface area contributed by atoms with E-state index in [2.05, 4.69) is 40.9 Å². The van der Waals surface area contributed by atoms with Gasteiger partial charge < -0.3 is 16.5 Å². The first kappa shape index (κ1) is 16.7. The third-order valence-electron chi connectivity index (χ3n) is 3.92. The van der Waals surface area contributed by atoms with E-state index in [1.54, 1.807) is 18.3 Å². The number of benzene rings is 1. The van der Waals surface area contributed by atoms with Crippen molar-refractivity contribution in [3.05, 3.63) is 53.7 Å². The molecule has 2 aromatic heterocycles. The number of nitrogens with zero attached hydrogens (tertiary/aromatic N) is 2. The van der Waals surface area contributed by atoms with Gasteiger partial charge in [-0.2, -0.15) is 0 Å². The summed E-state index contributed by atoms with van der Waals surface area (Å²) in [7, 11) is 0. The predicted molar refractivity (Wildman–Crippen MR) is 98.7 cm³/mol. The average molecular weight is 335 g/mol. The number of nitrogens with two attached hydrogens (primary N) is 2. The maximum atomic E-state index is 11.9. The van der Waals surface area contributed by atoms with Crippen molar-refractivity contribution < 1.29 is 4.79 Å². The second kappa shape index (κ2) is 6.76. The molecular weight excluding hydrogens is 314 g/mol. The van der Waals surface area contributed by atoms with Crippen LogP contribution in [-0.4, -0.2) is 20.9 Å². The van der Waals surface area contributed by atoms with Gasteiger partial charge in [0.25, 0.3) is 5.91 Å². The lowest BCUT2D eigenvalue weighted by Gasteiger charge is -2.07. The smallest absolute Gasteiger partial charge is 0.250 e. The molecule has 0 unspecified atom stereocenters. The number of nitrogens with one attached hydrogen (secondary N) is 1. The van der Waals surface area contributed by atoms with E-state index in [9.17, 15) is 4.79 Å². The molecule has 6 nitrogen and oxygen atoms in total. The SMILES string of the molecule is CC(C)Cc1ccc(-c2[nH]c(-c3ccnc(N)n3)cc2C(N)=O)cc1. The van der Waals surface area contributed by atoms with Crippen molar-refractivity contribution in [3.63, 3.8) is 0 Å². The van der Waals surface area contributed by atoms with E-state index in [0.717, 1.165) is 12.0 Å². The summed E-state index contributed by atoms with van der Waals surface area (Å²) in [6, 6.07) is 11.6. The molecule has 0 aliphatic rings. The van der Waals surface area contributed by atoms with Crippen LogP contribution in [0.25, 0.3) is 22.6 Å². The fourth-order valence-electron chi connectivity index (χ4n) is 2.82. The molecule has 0 fully saturated rings. The van der Waals surface area contributed by atoms with Crippen LogP contribution in [0.15, 0.2) is 42.6 Å². The van der Waals surface area contributed by atoms with Gasteiger partial charge in [-0.1, -0.05) is 38.1 Å². The highest BCUT2D eigenvalue weighted by Gasteiger charge is 2.16. The van der Waals surface area contributed by atoms with Crippen molar-refractivity contribution in [1.82, 2.24) is 15.0 Å². The van der Waals surface area contributed by atoms with Crippen LogP contribution in [0, 0.1) is 5.92 Å². The monoisotopic (exact) mass is 335 g/mol. The summed E-state index contributed by atoms with van der Waals surface area (Å²) in [5.74, 6) is 0.269. The third kappa shape index (κ3) is 3.68. The molecule has 0 aliphatic carbocycles. The van der Waals surface area contributed by atoms with Crippen LogP contribution in [0.5, 0.6) is 0 Å². The molecule has 5 N–H and O–H groups in total. The highest BCUT2D eigenvalue weighted by Crippen LogP contribution is 2.28. The maximum Gasteiger partial charge on any atom is 0.250 e. The molecular formula is C19H21N5O. The van der Waals surface area contributed by atoms with Crippen LogP contribution < -0.4 is 11.5 Å². The minimum absolute atomic E-state index is 0.173. The van der Waals surface area contributed by atoms with Crippen molar-refractivity contribution in [2.75, 3.05) is 5.73 Å². The molecule has 25 heavy (non-hydrogen) atoms. The van der Waals surface area contributed by atoms with E-state index in [1.807, 2.05) is 12.1 Å². The van der Waals surface area contributed by atoms with Crippen molar-refractivity contribution in [2.24, 2.45) is 11.7 Å². The first-order valence-corrected chi connectivity index (χ1v) is 8.15. The molecule has 3 rings (SSSR count). The lowest BCUT2D eigenvalue weighted by Crippen LogP contribution is -2.11. The number of carbonyl (C=O) groups excluding carboxylic acids is 1. The van der Waals surface area contributed by atoms with Crippen LogP contribution in [0.1, 0.15) is 29.8 Å². The van der Waals surface area contributed by atoms with Gasteiger partial charge in [-0.25, -0.2) is 9.97 Å². The van der Waals surface area contributed by atoms with Gasteiger partial charge in [0.1, 0.15) is 0 Å². The lowest BCUT2D eigenvalue weighted by atomic mass is 10.00. The van der Waals surface area contributed by atoms with Crippen LogP contribution in [0.2, 0.25) is 0 Å². The Morgan fingerprint density at radius 3 is 2.52 bits per heavy atom. The van der Waals surface area contributed by atoms with E-state index in [0.29, 0.717) is 28.6 Å². The number of carbonyl (C=O) groups is 1. The summed E-state index contributed by atoms with van der Waals surface area (Å²) in [5.41, 5.74) is 15.7. The minimum Gasteiger partial charge on any atom is -0.368 e. The number of aromatic amines is 1. The zero-order chi connectivity index (χ0) is 18.0. The van der Waals surface area contributed by atoms with Crippen molar-refractivity contribution in [3.8, 4) is 22.6 Å². The Morgan fingerprint density at radius 2 is 1.92 bits per heavy atom. The first-order valence-electron chi connectivity index (χ1n) is 8.15. The molecule has 2 heterocycles. The van der Waals surface area contributed by atoms with Gasteiger partial charge in [0, 0.05) is 6.20 Å². The Labute approximate surface area is 146 Å². The number of hydrogen-bond acceptors (Lipinski definition) is 4. The summed E-state index contributed by atoms with van der Waals surface area (Å²) in [6.07, 6.45) is 2.59. The molecule has 0 atom stereocenters. The topological polar surface area (TPSA) is 111 Å². The summed E-state index contributed by atoms with van der Waals surface area (Å²) in [6.45, 7) is 4.37. The molecule has 1 amide bonds. The van der Waals surface area contributed by atoms with E-state index >= 15 is 0 Å². The fourth-order valence-corrected chi connectivity index (χ4v) is 2.82. The largest absolute Gasteiger partial charge is 0.368 e. The van der Waals surface area contributed by atoms with Gasteiger partial charge in [-0.3, -0.25) is 4.79 Å². The van der Waals surface area contributed by atoms with E-state index in [4.69, 9.17) is 11.5 Å². The summed E-state index contributed by atoms with van der Waals surface area (Å²) in [4.78, 5) is 23.2. The zero-order valence-electron chi connectivity index (χ0n) is 14.3. The molecule has 6 heteroatoms. The van der Waals surface area contributed by atoms with Crippen LogP contribution in [0.3, 0.4) is 0 Å². The van der Waals surface area contributed by atoms with Gasteiger partial charge >= 0.3 is 0 Å². The second-order valence-corrected chi connectivity index (χ2v) is 6.43. The number of H-pyrrole nitrogens is 1. The number of primary amides is 1. The van der Waals surface area contributed by atoms with Gasteiger partial charge in [0.2, 0.25) is 5.95 Å². The van der Waals surface area contributed by atoms with Gasteiger partial charge in [0.15, 0.2) is 0 Å². The van der Waals surface area contributed by atoms with Crippen molar-refractivity contribution >= 4 is 11.9 Å². The van der Waals surface area contributed by atoms with Crippen LogP contribution >= 0.6 is 0 Å². The van der Waals surface area contributed by atoms with Crippen molar-refractivity contribution in [2.45, 2.75) is 20.3 Å². The fraction of sp³-hybridized carbons (Fsp3) is 0.211. The average Bonchev–Trinajstić information content (AvgIpc) is 3.00. The number of nitrogen functional groups attached to an aromatic ring is 1. The van der Waals surface area contributed by atoms with Crippen LogP contribution in [0.4, 0.5) is 5.95 Å². The highest BCUT2D eigenvalue weighted by molar-refractivity contribution is 6.00. The minimum atomic E-state index is -0.495. The Bertz CT molecular complexity index is 896. The normalized spacial score (nSPS) is 11.0. The predicted octanol–water partition coefficient (Wildman–Crippen LogP) is 3.02. The van der Waals surface area contributed by atoms with Gasteiger partial charge in [-0.15, -0.1) is 0 Å². The standard InChI is InChI=1S/C19H21N5O/c1-11(2)9-12-3-5-13(6-4-12)17-14(18(20)25)10-16(23-17)15-7-8-22-19(21)24-15/h3-8,10-11,23H,9H2,1-2H3,(H2,20,25)(H2,21,22,24). The molecule has 0 aliphatic heterocycles. The molecule has 0 saturated carbocycles. The zero-order valence-corrected chi connectivity index (χ0v) is 14.3. The van der Waals surface area contributed by atoms with Gasteiger partial charge in [-0.05, 0) is 35.6 Å². The number of amides is 1. The van der Waals surface area contributed by atoms with E-state index in [1.165, 1.54) is 5.56 Å². The second-order valence-electron chi connectivity index (χ2n) is 6.43. The Kier molecular flexibility index (Phi) is 4.52. The Morgan fingerprint density at radius 1 is 1.20 bits per heavy atom. The van der Waals surface area contributed by atoms with E-state index in [-0.39, 0.29) is 5.95 Å². The molecule has 0 saturated heterocycles. The first-order chi connectivity index (χ1) is 11.9. The quantitative estimate of drug-likeness (QED) is 0.665. The molecule has 0 radical (unpaired) electrons. The number of rotatable bonds is 5. The Balaban J connectivity index is 2.02. The number of hydrogen-bond donors (Lipinski definition) is 3. The molecule has 1 aromatic carbocycles. The summed E-state index contributed by atoms with van der Waals surface area (Å²) in [5, 5.41) is 0. The Hall–Kier alpha value is -3.15. The van der Waals surface area contributed by atoms with E-state index < -0.39 is 5.91 Å².